The van der Waals surface area contributed by atoms with Crippen molar-refractivity contribution in [1.82, 2.24) is 4.57 Å². The maximum atomic E-state index is 12.3. The lowest BCUT2D eigenvalue weighted by Gasteiger charge is -2.00. The molecule has 0 spiro atoms. The summed E-state index contributed by atoms with van der Waals surface area (Å²) in [4.78, 5) is 17.2. The molecule has 0 fully saturated rings. The molecular formula is C14H9BrCl2N2OS2. The first-order chi connectivity index (χ1) is 10.5. The Morgan fingerprint density at radius 1 is 1.32 bits per heavy atom. The van der Waals surface area contributed by atoms with E-state index in [-0.39, 0.29) is 5.91 Å². The topological polar surface area (TPSA) is 34.4 Å². The number of aryl methyl sites for hydroxylation is 1. The summed E-state index contributed by atoms with van der Waals surface area (Å²) in [6, 6.07) is 7.56. The number of thiazole rings is 1. The summed E-state index contributed by atoms with van der Waals surface area (Å²) in [5, 5.41) is 0. The van der Waals surface area contributed by atoms with Crippen LogP contribution in [0.5, 0.6) is 0 Å². The lowest BCUT2D eigenvalue weighted by Crippen LogP contribution is -2.15. The van der Waals surface area contributed by atoms with Crippen LogP contribution < -0.4 is 4.80 Å². The average molecular weight is 436 g/mol. The molecule has 1 amide bonds. The maximum Gasteiger partial charge on any atom is 0.282 e. The normalized spacial score (nSPS) is 12.3. The van der Waals surface area contributed by atoms with Crippen LogP contribution in [-0.4, -0.2) is 10.5 Å². The quantitative estimate of drug-likeness (QED) is 0.516. The minimum Gasteiger partial charge on any atom is -0.317 e. The summed E-state index contributed by atoms with van der Waals surface area (Å²) in [6.45, 7) is 2.75. The third-order valence-electron chi connectivity index (χ3n) is 3.05. The van der Waals surface area contributed by atoms with Crippen LogP contribution in [-0.2, 0) is 6.54 Å². The van der Waals surface area contributed by atoms with Crippen molar-refractivity contribution in [2.45, 2.75) is 13.5 Å². The molecule has 0 aliphatic heterocycles. The van der Waals surface area contributed by atoms with Gasteiger partial charge in [-0.1, -0.05) is 50.5 Å². The van der Waals surface area contributed by atoms with Crippen LogP contribution in [0.15, 0.2) is 33.7 Å². The molecule has 2 aromatic heterocycles. The number of nitrogens with zero attached hydrogens (tertiary/aromatic N) is 2. The van der Waals surface area contributed by atoms with E-state index in [0.29, 0.717) is 19.0 Å². The molecule has 0 aliphatic rings. The van der Waals surface area contributed by atoms with Crippen LogP contribution in [0.2, 0.25) is 8.67 Å². The lowest BCUT2D eigenvalue weighted by atomic mass is 10.3. The van der Waals surface area contributed by atoms with Crippen molar-refractivity contribution in [2.75, 3.05) is 0 Å². The van der Waals surface area contributed by atoms with E-state index in [0.717, 1.165) is 21.2 Å². The average Bonchev–Trinajstić information content (AvgIpc) is 2.97. The highest BCUT2D eigenvalue weighted by Crippen LogP contribution is 2.31. The maximum absolute atomic E-state index is 12.3. The van der Waals surface area contributed by atoms with Crippen molar-refractivity contribution < 1.29 is 4.79 Å². The first-order valence-corrected chi connectivity index (χ1v) is 9.50. The Morgan fingerprint density at radius 2 is 2.09 bits per heavy atom. The van der Waals surface area contributed by atoms with Crippen molar-refractivity contribution in [2.24, 2.45) is 4.99 Å². The molecule has 0 bridgehead atoms. The highest BCUT2D eigenvalue weighted by molar-refractivity contribution is 9.10. The Labute approximate surface area is 153 Å². The van der Waals surface area contributed by atoms with Crippen molar-refractivity contribution in [3.8, 4) is 0 Å². The van der Waals surface area contributed by atoms with Gasteiger partial charge in [-0.25, -0.2) is 0 Å². The van der Waals surface area contributed by atoms with Crippen LogP contribution in [0.4, 0.5) is 0 Å². The monoisotopic (exact) mass is 434 g/mol. The minimum atomic E-state index is -0.374. The molecule has 2 heterocycles. The number of hydrogen-bond acceptors (Lipinski definition) is 3. The largest absolute Gasteiger partial charge is 0.317 e. The zero-order valence-electron chi connectivity index (χ0n) is 11.3. The molecule has 8 heteroatoms. The number of benzene rings is 1. The van der Waals surface area contributed by atoms with Gasteiger partial charge in [0.05, 0.1) is 20.1 Å². The van der Waals surface area contributed by atoms with Gasteiger partial charge in [-0.05, 0) is 31.2 Å². The van der Waals surface area contributed by atoms with E-state index in [2.05, 4.69) is 20.9 Å². The first-order valence-electron chi connectivity index (χ1n) is 6.32. The number of thiophene rings is 1. The van der Waals surface area contributed by atoms with E-state index in [4.69, 9.17) is 23.2 Å². The standard InChI is InChI=1S/C14H9BrCl2N2OS2/c1-2-19-9-4-3-7(15)5-10(9)21-14(19)18-13(20)8-6-11(16)22-12(8)17/h3-6H,2H2,1H3. The lowest BCUT2D eigenvalue weighted by molar-refractivity contribution is 0.0998. The van der Waals surface area contributed by atoms with E-state index in [9.17, 15) is 4.79 Å². The van der Waals surface area contributed by atoms with Gasteiger partial charge < -0.3 is 4.57 Å². The molecular weight excluding hydrogens is 427 g/mol. The Balaban J connectivity index is 2.16. The SMILES string of the molecule is CCn1c(=NC(=O)c2cc(Cl)sc2Cl)sc2cc(Br)ccc21. The molecule has 0 atom stereocenters. The van der Waals surface area contributed by atoms with E-state index in [1.807, 2.05) is 29.7 Å². The number of carbonyl (C=O) groups excluding carboxylic acids is 1. The predicted molar refractivity (Wildman–Crippen MR) is 97.4 cm³/mol. The first kappa shape index (κ1) is 16.2. The van der Waals surface area contributed by atoms with Crippen LogP contribution in [0.1, 0.15) is 17.3 Å². The van der Waals surface area contributed by atoms with Crippen LogP contribution >= 0.6 is 61.8 Å². The third kappa shape index (κ3) is 3.03. The fourth-order valence-corrected chi connectivity index (χ4v) is 5.16. The fraction of sp³-hybridized carbons (Fsp3) is 0.143. The van der Waals surface area contributed by atoms with Crippen molar-refractivity contribution >= 4 is 77.9 Å². The molecule has 1 aromatic carbocycles. The third-order valence-corrected chi connectivity index (χ3v) is 6.07. The van der Waals surface area contributed by atoms with Crippen molar-refractivity contribution in [3.63, 3.8) is 0 Å². The zero-order chi connectivity index (χ0) is 15.9. The number of halogens is 3. The highest BCUT2D eigenvalue weighted by atomic mass is 79.9. The summed E-state index contributed by atoms with van der Waals surface area (Å²) in [6.07, 6.45) is 0. The van der Waals surface area contributed by atoms with Gasteiger partial charge in [0, 0.05) is 11.0 Å². The summed E-state index contributed by atoms with van der Waals surface area (Å²) >= 11 is 18.0. The molecule has 0 saturated carbocycles. The molecule has 3 aromatic rings. The van der Waals surface area contributed by atoms with Crippen LogP contribution in [0.3, 0.4) is 0 Å². The number of aromatic nitrogens is 1. The molecule has 3 rings (SSSR count). The van der Waals surface area contributed by atoms with Gasteiger partial charge in [0.25, 0.3) is 5.91 Å². The second-order valence-electron chi connectivity index (χ2n) is 4.40. The summed E-state index contributed by atoms with van der Waals surface area (Å²) in [5.41, 5.74) is 1.40. The Morgan fingerprint density at radius 3 is 2.73 bits per heavy atom. The molecule has 0 saturated heterocycles. The highest BCUT2D eigenvalue weighted by Gasteiger charge is 2.14. The Kier molecular flexibility index (Phi) is 4.75. The minimum absolute atomic E-state index is 0.345. The molecule has 114 valence electrons. The number of carbonyl (C=O) groups is 1. The smallest absolute Gasteiger partial charge is 0.282 e. The van der Waals surface area contributed by atoms with Gasteiger partial charge in [0.15, 0.2) is 4.80 Å². The molecule has 22 heavy (non-hydrogen) atoms. The molecule has 0 aliphatic carbocycles. The summed E-state index contributed by atoms with van der Waals surface area (Å²) in [7, 11) is 0. The summed E-state index contributed by atoms with van der Waals surface area (Å²) in [5.74, 6) is -0.374. The molecule has 0 radical (unpaired) electrons. The molecule has 0 N–H and O–H groups in total. The number of fused-ring (bicyclic) bond motifs is 1. The predicted octanol–water partition coefficient (Wildman–Crippen LogP) is 5.59. The number of amides is 1. The zero-order valence-corrected chi connectivity index (χ0v) is 16.0. The van der Waals surface area contributed by atoms with E-state index < -0.39 is 0 Å². The van der Waals surface area contributed by atoms with Crippen LogP contribution in [0, 0.1) is 0 Å². The van der Waals surface area contributed by atoms with Crippen molar-refractivity contribution in [1.29, 1.82) is 0 Å². The van der Waals surface area contributed by atoms with Crippen LogP contribution in [0.25, 0.3) is 10.2 Å². The van der Waals surface area contributed by atoms with Gasteiger partial charge in [0.1, 0.15) is 4.34 Å². The van der Waals surface area contributed by atoms with Gasteiger partial charge in [0.2, 0.25) is 0 Å². The van der Waals surface area contributed by atoms with E-state index in [1.165, 1.54) is 22.7 Å². The Bertz CT molecular complexity index is 942. The van der Waals surface area contributed by atoms with E-state index in [1.54, 1.807) is 6.07 Å². The number of rotatable bonds is 2. The summed E-state index contributed by atoms with van der Waals surface area (Å²) < 4.78 is 4.91. The molecule has 0 unspecified atom stereocenters. The molecule has 3 nitrogen and oxygen atoms in total. The number of hydrogen-bond donors (Lipinski definition) is 0. The van der Waals surface area contributed by atoms with E-state index >= 15 is 0 Å². The second-order valence-corrected chi connectivity index (χ2v) is 8.61. The van der Waals surface area contributed by atoms with Gasteiger partial charge in [-0.15, -0.1) is 11.3 Å². The van der Waals surface area contributed by atoms with Gasteiger partial charge >= 0.3 is 0 Å². The van der Waals surface area contributed by atoms with Gasteiger partial charge in [-0.2, -0.15) is 4.99 Å². The van der Waals surface area contributed by atoms with Gasteiger partial charge in [-0.3, -0.25) is 4.79 Å². The van der Waals surface area contributed by atoms with Crippen molar-refractivity contribution in [3.05, 3.63) is 47.8 Å². The fourth-order valence-electron chi connectivity index (χ4n) is 2.07. The second kappa shape index (κ2) is 6.45. The Hall–Kier alpha value is -0.660.